The number of pyridine rings is 1. The third kappa shape index (κ3) is 2.87. The topological polar surface area (TPSA) is 66.9 Å². The van der Waals surface area contributed by atoms with Crippen molar-refractivity contribution in [1.29, 1.82) is 0 Å². The van der Waals surface area contributed by atoms with Gasteiger partial charge in [-0.1, -0.05) is 23.7 Å². The van der Waals surface area contributed by atoms with E-state index in [1.807, 2.05) is 19.1 Å². The Morgan fingerprint density at radius 2 is 1.96 bits per heavy atom. The molecule has 0 saturated heterocycles. The van der Waals surface area contributed by atoms with Crippen LogP contribution >= 0.6 is 11.6 Å². The molecule has 1 aromatic carbocycles. The van der Waals surface area contributed by atoms with E-state index < -0.39 is 0 Å². The fourth-order valence-corrected chi connectivity index (χ4v) is 2.69. The zero-order valence-electron chi connectivity index (χ0n) is 12.8. The average molecular weight is 330 g/mol. The van der Waals surface area contributed by atoms with Gasteiger partial charge in [-0.25, -0.2) is 0 Å². The van der Waals surface area contributed by atoms with Crippen LogP contribution in [0.5, 0.6) is 0 Å². The second-order valence-corrected chi connectivity index (χ2v) is 5.91. The number of nitrogens with zero attached hydrogens (tertiary/aromatic N) is 1. The Kier molecular flexibility index (Phi) is 3.96. The van der Waals surface area contributed by atoms with Crippen LogP contribution in [0.1, 0.15) is 28.9 Å². The van der Waals surface area contributed by atoms with Gasteiger partial charge >= 0.3 is 0 Å². The van der Waals surface area contributed by atoms with E-state index in [0.29, 0.717) is 21.5 Å². The van der Waals surface area contributed by atoms with Crippen LogP contribution in [0.15, 0.2) is 47.5 Å². The summed E-state index contributed by atoms with van der Waals surface area (Å²) in [6.07, 6.45) is 3.22. The van der Waals surface area contributed by atoms with Crippen LogP contribution in [0.4, 0.5) is 0 Å². The maximum Gasteiger partial charge on any atom is 0.274 e. The first kappa shape index (κ1) is 15.4. The van der Waals surface area contributed by atoms with Crippen molar-refractivity contribution in [2.24, 2.45) is 7.05 Å². The lowest BCUT2D eigenvalue weighted by atomic mass is 10.1. The second kappa shape index (κ2) is 5.93. The number of aromatic nitrogens is 2. The number of H-pyrrole nitrogens is 1. The molecule has 3 aromatic rings. The molecule has 23 heavy (non-hydrogen) atoms. The van der Waals surface area contributed by atoms with Crippen molar-refractivity contribution in [2.75, 3.05) is 0 Å². The van der Waals surface area contributed by atoms with Gasteiger partial charge in [0, 0.05) is 29.9 Å². The SMILES string of the molecule is CC(NC(=O)c1cn(C)c(=O)c2[nH]ccc12)c1ccc(Cl)cc1. The van der Waals surface area contributed by atoms with Crippen molar-refractivity contribution in [3.8, 4) is 0 Å². The van der Waals surface area contributed by atoms with Crippen molar-refractivity contribution in [3.63, 3.8) is 0 Å². The van der Waals surface area contributed by atoms with Gasteiger partial charge in [-0.3, -0.25) is 9.59 Å². The van der Waals surface area contributed by atoms with Crippen molar-refractivity contribution in [3.05, 3.63) is 69.2 Å². The summed E-state index contributed by atoms with van der Waals surface area (Å²) in [6, 6.07) is 8.89. The normalized spacial score (nSPS) is 12.3. The number of benzene rings is 1. The number of aromatic amines is 1. The predicted octanol–water partition coefficient (Wildman–Crippen LogP) is 3.01. The number of carbonyl (C=O) groups excluding carboxylic acids is 1. The second-order valence-electron chi connectivity index (χ2n) is 5.47. The van der Waals surface area contributed by atoms with Gasteiger partial charge in [0.25, 0.3) is 11.5 Å². The van der Waals surface area contributed by atoms with E-state index in [1.165, 1.54) is 4.57 Å². The number of hydrogen-bond acceptors (Lipinski definition) is 2. The molecule has 118 valence electrons. The first-order chi connectivity index (χ1) is 11.0. The molecule has 0 spiro atoms. The number of amides is 1. The molecule has 5 nitrogen and oxygen atoms in total. The van der Waals surface area contributed by atoms with Gasteiger partial charge in [-0.2, -0.15) is 0 Å². The van der Waals surface area contributed by atoms with E-state index in [9.17, 15) is 9.59 Å². The number of fused-ring (bicyclic) bond motifs is 1. The lowest BCUT2D eigenvalue weighted by molar-refractivity contribution is 0.0941. The number of hydrogen-bond donors (Lipinski definition) is 2. The first-order valence-corrected chi connectivity index (χ1v) is 7.58. The van der Waals surface area contributed by atoms with E-state index in [0.717, 1.165) is 5.56 Å². The lowest BCUT2D eigenvalue weighted by Crippen LogP contribution is -2.28. The Bertz CT molecular complexity index is 925. The van der Waals surface area contributed by atoms with Gasteiger partial charge in [0.05, 0.1) is 11.6 Å². The smallest absolute Gasteiger partial charge is 0.274 e. The highest BCUT2D eigenvalue weighted by atomic mass is 35.5. The van der Waals surface area contributed by atoms with Crippen LogP contribution in [0, 0.1) is 0 Å². The monoisotopic (exact) mass is 329 g/mol. The van der Waals surface area contributed by atoms with Crippen LogP contribution < -0.4 is 10.9 Å². The summed E-state index contributed by atoms with van der Waals surface area (Å²) in [5, 5.41) is 4.22. The molecule has 0 aliphatic heterocycles. The van der Waals surface area contributed by atoms with Gasteiger partial charge in [-0.15, -0.1) is 0 Å². The van der Waals surface area contributed by atoms with Gasteiger partial charge in [0.1, 0.15) is 5.52 Å². The Balaban J connectivity index is 1.92. The Labute approximate surface area is 137 Å². The molecule has 0 fully saturated rings. The third-order valence-electron chi connectivity index (χ3n) is 3.86. The van der Waals surface area contributed by atoms with E-state index in [2.05, 4.69) is 10.3 Å². The number of rotatable bonds is 3. The summed E-state index contributed by atoms with van der Waals surface area (Å²) >= 11 is 5.88. The van der Waals surface area contributed by atoms with Crippen molar-refractivity contribution in [2.45, 2.75) is 13.0 Å². The molecule has 6 heteroatoms. The molecule has 0 bridgehead atoms. The highest BCUT2D eigenvalue weighted by Gasteiger charge is 2.17. The molecular weight excluding hydrogens is 314 g/mol. The summed E-state index contributed by atoms with van der Waals surface area (Å²) in [5.74, 6) is -0.229. The number of halogens is 1. The molecule has 0 saturated carbocycles. The Morgan fingerprint density at radius 3 is 2.65 bits per heavy atom. The molecule has 0 aliphatic rings. The van der Waals surface area contributed by atoms with Crippen LogP contribution in [-0.2, 0) is 7.05 Å². The Hall–Kier alpha value is -2.53. The van der Waals surface area contributed by atoms with E-state index in [1.54, 1.807) is 37.6 Å². The zero-order valence-corrected chi connectivity index (χ0v) is 13.5. The minimum atomic E-state index is -0.229. The molecule has 2 heterocycles. The molecule has 2 aromatic heterocycles. The minimum Gasteiger partial charge on any atom is -0.357 e. The quantitative estimate of drug-likeness (QED) is 0.775. The van der Waals surface area contributed by atoms with Crippen LogP contribution in [0.25, 0.3) is 10.9 Å². The van der Waals surface area contributed by atoms with Crippen LogP contribution in [0.2, 0.25) is 5.02 Å². The highest BCUT2D eigenvalue weighted by molar-refractivity contribution is 6.30. The highest BCUT2D eigenvalue weighted by Crippen LogP contribution is 2.18. The molecule has 0 radical (unpaired) electrons. The lowest BCUT2D eigenvalue weighted by Gasteiger charge is -2.15. The van der Waals surface area contributed by atoms with Crippen molar-refractivity contribution >= 4 is 28.4 Å². The molecule has 2 N–H and O–H groups in total. The number of aryl methyl sites for hydroxylation is 1. The van der Waals surface area contributed by atoms with Gasteiger partial charge in [-0.05, 0) is 30.7 Å². The van der Waals surface area contributed by atoms with E-state index >= 15 is 0 Å². The largest absolute Gasteiger partial charge is 0.357 e. The molecule has 3 rings (SSSR count). The van der Waals surface area contributed by atoms with Gasteiger partial charge in [0.15, 0.2) is 0 Å². The maximum atomic E-state index is 12.6. The Morgan fingerprint density at radius 1 is 1.26 bits per heavy atom. The maximum absolute atomic E-state index is 12.6. The summed E-state index contributed by atoms with van der Waals surface area (Å²) in [4.78, 5) is 27.5. The number of nitrogens with one attached hydrogen (secondary N) is 2. The standard InChI is InChI=1S/C17H16ClN3O2/c1-10(11-3-5-12(18)6-4-11)20-16(22)14-9-21(2)17(23)15-13(14)7-8-19-15/h3-10,19H,1-2H3,(H,20,22). The molecule has 0 aliphatic carbocycles. The summed E-state index contributed by atoms with van der Waals surface area (Å²) in [5.41, 5.74) is 1.69. The molecule has 1 unspecified atom stereocenters. The zero-order chi connectivity index (χ0) is 16.6. The van der Waals surface area contributed by atoms with Gasteiger partial charge < -0.3 is 14.9 Å². The first-order valence-electron chi connectivity index (χ1n) is 7.20. The average Bonchev–Trinajstić information content (AvgIpc) is 3.01. The van der Waals surface area contributed by atoms with Gasteiger partial charge in [0.2, 0.25) is 0 Å². The van der Waals surface area contributed by atoms with E-state index in [-0.39, 0.29) is 17.5 Å². The van der Waals surface area contributed by atoms with E-state index in [4.69, 9.17) is 11.6 Å². The third-order valence-corrected chi connectivity index (χ3v) is 4.11. The van der Waals surface area contributed by atoms with Crippen molar-refractivity contribution in [1.82, 2.24) is 14.9 Å². The molecular formula is C17H16ClN3O2. The molecule has 1 atom stereocenters. The predicted molar refractivity (Wildman–Crippen MR) is 90.9 cm³/mol. The summed E-state index contributed by atoms with van der Waals surface area (Å²) in [6.45, 7) is 1.90. The number of carbonyl (C=O) groups is 1. The van der Waals surface area contributed by atoms with Crippen molar-refractivity contribution < 1.29 is 4.79 Å². The summed E-state index contributed by atoms with van der Waals surface area (Å²) in [7, 11) is 1.63. The van der Waals surface area contributed by atoms with Crippen LogP contribution in [-0.4, -0.2) is 15.5 Å². The fraction of sp³-hybridized carbons (Fsp3) is 0.176. The van der Waals surface area contributed by atoms with Crippen LogP contribution in [0.3, 0.4) is 0 Å². The molecule has 1 amide bonds. The minimum absolute atomic E-state index is 0.160. The fourth-order valence-electron chi connectivity index (χ4n) is 2.56. The summed E-state index contributed by atoms with van der Waals surface area (Å²) < 4.78 is 1.40.